The van der Waals surface area contributed by atoms with Crippen molar-refractivity contribution in [2.45, 2.75) is 185 Å². The van der Waals surface area contributed by atoms with Crippen molar-refractivity contribution < 1.29 is 42.9 Å². The highest BCUT2D eigenvalue weighted by molar-refractivity contribution is 5.89. The maximum Gasteiger partial charge on any atom is 0.384 e. The highest BCUT2D eigenvalue weighted by Gasteiger charge is 2.29. The first-order valence-electron chi connectivity index (χ1n) is 23.1. The molecule has 0 amide bonds. The van der Waals surface area contributed by atoms with Gasteiger partial charge in [0.05, 0.1) is 31.8 Å². The fourth-order valence-electron chi connectivity index (χ4n) is 8.01. The van der Waals surface area contributed by atoms with Crippen LogP contribution in [0.4, 0.5) is 0 Å². The van der Waals surface area contributed by atoms with Gasteiger partial charge >= 0.3 is 23.9 Å². The minimum Gasteiger partial charge on any atom is -0.465 e. The van der Waals surface area contributed by atoms with Gasteiger partial charge < -0.3 is 23.7 Å². The maximum atomic E-state index is 12.6. The third kappa shape index (κ3) is 23.5. The van der Waals surface area contributed by atoms with E-state index in [0.717, 1.165) is 95.6 Å². The van der Waals surface area contributed by atoms with E-state index in [4.69, 9.17) is 23.7 Å². The topological polar surface area (TPSA) is 114 Å². The van der Waals surface area contributed by atoms with Crippen molar-refractivity contribution in [1.29, 1.82) is 0 Å². The van der Waals surface area contributed by atoms with E-state index >= 15 is 0 Å². The molecule has 1 aromatic rings. The summed E-state index contributed by atoms with van der Waals surface area (Å²) in [6.45, 7) is 9.09. The third-order valence-corrected chi connectivity index (χ3v) is 11.6. The second-order valence-corrected chi connectivity index (χ2v) is 16.4. The summed E-state index contributed by atoms with van der Waals surface area (Å²) in [7, 11) is 0. The standard InChI is InChI=1S/C50H74O9/c1-3-47(51)56-38-20-16-12-8-5-7-11-15-19-37-55-45-32-28-43(29-33-45)42-26-23-41(24-27-42)25-36-49(53)59-46-34-30-44(31-35-46)50(54)58-40-22-18-14-10-6-9-13-17-21-39-57-48(52)4-2/h3-4,23-24,26-27,43-46H,1-2,5-22,28-35,37-40H2. The van der Waals surface area contributed by atoms with Crippen molar-refractivity contribution in [3.05, 3.63) is 60.7 Å². The van der Waals surface area contributed by atoms with Crippen LogP contribution in [-0.2, 0) is 42.9 Å². The number of benzene rings is 1. The van der Waals surface area contributed by atoms with Gasteiger partial charge in [-0.1, -0.05) is 121 Å². The summed E-state index contributed by atoms with van der Waals surface area (Å²) in [6.07, 6.45) is 30.1. The van der Waals surface area contributed by atoms with E-state index in [9.17, 15) is 19.2 Å². The van der Waals surface area contributed by atoms with Gasteiger partial charge in [-0.05, 0) is 101 Å². The Morgan fingerprint density at radius 2 is 0.949 bits per heavy atom. The van der Waals surface area contributed by atoms with Crippen LogP contribution < -0.4 is 0 Å². The van der Waals surface area contributed by atoms with E-state index < -0.39 is 5.97 Å². The molecule has 0 bridgehead atoms. The molecule has 0 radical (unpaired) electrons. The Balaban J connectivity index is 1.14. The number of carbonyl (C=O) groups is 4. The predicted molar refractivity (Wildman–Crippen MR) is 232 cm³/mol. The number of rotatable bonds is 30. The van der Waals surface area contributed by atoms with Crippen LogP contribution in [0.5, 0.6) is 0 Å². The van der Waals surface area contributed by atoms with Gasteiger partial charge in [-0.2, -0.15) is 0 Å². The number of esters is 4. The van der Waals surface area contributed by atoms with Gasteiger partial charge in [0.2, 0.25) is 0 Å². The van der Waals surface area contributed by atoms with E-state index in [2.05, 4.69) is 37.1 Å². The molecule has 2 fully saturated rings. The van der Waals surface area contributed by atoms with Gasteiger partial charge in [0.1, 0.15) is 6.10 Å². The zero-order chi connectivity index (χ0) is 42.2. The van der Waals surface area contributed by atoms with E-state index in [1.807, 2.05) is 12.1 Å². The molecule has 2 aliphatic carbocycles. The molecule has 59 heavy (non-hydrogen) atoms. The molecule has 0 aliphatic heterocycles. The maximum absolute atomic E-state index is 12.6. The van der Waals surface area contributed by atoms with Crippen molar-refractivity contribution in [3.8, 4) is 11.8 Å². The van der Waals surface area contributed by atoms with Crippen molar-refractivity contribution >= 4 is 23.9 Å². The molecule has 0 heterocycles. The highest BCUT2D eigenvalue weighted by atomic mass is 16.5. The summed E-state index contributed by atoms with van der Waals surface area (Å²) < 4.78 is 27.4. The number of carbonyl (C=O) groups excluding carboxylic acids is 4. The largest absolute Gasteiger partial charge is 0.465 e. The highest BCUT2D eigenvalue weighted by Crippen LogP contribution is 2.34. The second kappa shape index (κ2) is 31.9. The summed E-state index contributed by atoms with van der Waals surface area (Å²) in [6, 6.07) is 8.28. The van der Waals surface area contributed by atoms with Crippen LogP contribution in [0.1, 0.15) is 184 Å². The number of hydrogen-bond donors (Lipinski definition) is 0. The van der Waals surface area contributed by atoms with Crippen molar-refractivity contribution in [2.24, 2.45) is 5.92 Å². The average Bonchev–Trinajstić information content (AvgIpc) is 3.26. The Morgan fingerprint density at radius 3 is 1.42 bits per heavy atom. The van der Waals surface area contributed by atoms with Crippen LogP contribution in [0.3, 0.4) is 0 Å². The molecular formula is C50H74O9. The van der Waals surface area contributed by atoms with Gasteiger partial charge in [0.25, 0.3) is 0 Å². The minimum atomic E-state index is -0.515. The van der Waals surface area contributed by atoms with Gasteiger partial charge in [0, 0.05) is 30.2 Å². The number of unbranched alkanes of at least 4 members (excludes halogenated alkanes) is 16. The molecule has 0 saturated heterocycles. The molecule has 9 nitrogen and oxygen atoms in total. The lowest BCUT2D eigenvalue weighted by atomic mass is 9.82. The fourth-order valence-corrected chi connectivity index (χ4v) is 8.01. The van der Waals surface area contributed by atoms with E-state index in [1.165, 1.54) is 75.5 Å². The van der Waals surface area contributed by atoms with Gasteiger partial charge in [-0.25, -0.2) is 14.4 Å². The smallest absolute Gasteiger partial charge is 0.384 e. The first-order valence-corrected chi connectivity index (χ1v) is 23.1. The lowest BCUT2D eigenvalue weighted by Gasteiger charge is -2.29. The molecule has 9 heteroatoms. The fraction of sp³-hybridized carbons (Fsp3) is 0.680. The van der Waals surface area contributed by atoms with E-state index in [-0.39, 0.29) is 29.9 Å². The van der Waals surface area contributed by atoms with Crippen molar-refractivity contribution in [3.63, 3.8) is 0 Å². The van der Waals surface area contributed by atoms with Crippen LogP contribution in [0, 0.1) is 17.8 Å². The minimum absolute atomic E-state index is 0.124. The quantitative estimate of drug-likeness (QED) is 0.0246. The van der Waals surface area contributed by atoms with Crippen LogP contribution in [0.15, 0.2) is 49.6 Å². The Kier molecular flexibility index (Phi) is 26.8. The van der Waals surface area contributed by atoms with Crippen LogP contribution >= 0.6 is 0 Å². The van der Waals surface area contributed by atoms with Crippen molar-refractivity contribution in [1.82, 2.24) is 0 Å². The second-order valence-electron chi connectivity index (χ2n) is 16.4. The summed E-state index contributed by atoms with van der Waals surface area (Å²) in [5, 5.41) is 0. The lowest BCUT2D eigenvalue weighted by Crippen LogP contribution is -2.28. The molecule has 0 unspecified atom stereocenters. The molecule has 0 N–H and O–H groups in total. The molecule has 3 rings (SSSR count). The molecule has 0 spiro atoms. The molecule has 2 saturated carbocycles. The summed E-state index contributed by atoms with van der Waals surface area (Å²) in [5.74, 6) is 4.71. The summed E-state index contributed by atoms with van der Waals surface area (Å²) >= 11 is 0. The molecule has 2 aliphatic rings. The Bertz CT molecular complexity index is 1410. The SMILES string of the molecule is C=CC(=O)OCCCCCCCCCCCOC(=O)C1CCC(OC(=O)C#Cc2ccc(C3CCC(OCCCCCCCCCCCOC(=O)C=C)CC3)cc2)CC1. The zero-order valence-corrected chi connectivity index (χ0v) is 36.1. The number of hydrogen-bond acceptors (Lipinski definition) is 9. The zero-order valence-electron chi connectivity index (χ0n) is 36.1. The van der Waals surface area contributed by atoms with E-state index in [0.29, 0.717) is 57.5 Å². The van der Waals surface area contributed by atoms with Gasteiger partial charge in [-0.15, -0.1) is 0 Å². The molecular weight excluding hydrogens is 745 g/mol. The lowest BCUT2D eigenvalue weighted by molar-refractivity contribution is -0.152. The first kappa shape index (κ1) is 49.5. The Labute approximate surface area is 355 Å². The third-order valence-electron chi connectivity index (χ3n) is 11.6. The molecule has 0 atom stereocenters. The summed E-state index contributed by atoms with van der Waals surface area (Å²) in [5.41, 5.74) is 2.12. The molecule has 328 valence electrons. The van der Waals surface area contributed by atoms with Crippen molar-refractivity contribution in [2.75, 3.05) is 26.4 Å². The average molecular weight is 819 g/mol. The van der Waals surface area contributed by atoms with Crippen LogP contribution in [0.2, 0.25) is 0 Å². The summed E-state index contributed by atoms with van der Waals surface area (Å²) in [4.78, 5) is 47.1. The van der Waals surface area contributed by atoms with Crippen LogP contribution in [-0.4, -0.2) is 62.5 Å². The van der Waals surface area contributed by atoms with Gasteiger partial charge in [0.15, 0.2) is 0 Å². The normalized spacial score (nSPS) is 18.8. The Hall–Kier alpha value is -3.90. The van der Waals surface area contributed by atoms with E-state index in [1.54, 1.807) is 0 Å². The monoisotopic (exact) mass is 819 g/mol. The molecule has 1 aromatic carbocycles. The number of ether oxygens (including phenoxy) is 5. The Morgan fingerprint density at radius 1 is 0.525 bits per heavy atom. The van der Waals surface area contributed by atoms with Gasteiger partial charge in [-0.3, -0.25) is 4.79 Å². The predicted octanol–water partition coefficient (Wildman–Crippen LogP) is 11.2. The van der Waals surface area contributed by atoms with Crippen LogP contribution in [0.25, 0.3) is 0 Å². The first-order chi connectivity index (χ1) is 28.9. The molecule has 0 aromatic heterocycles.